The molecule has 0 aliphatic carbocycles. The van der Waals surface area contributed by atoms with E-state index >= 15 is 0 Å². The standard InChI is InChI=1S/C11H16N2O7S/c1-13(2)21(18,19)9-4-3-8(20-9)10(15)12-7(5-6-14)11(16)17/h3-4,7,14H,5-6H2,1-2H3,(H,12,15)(H,16,17). The van der Waals surface area contributed by atoms with Crippen molar-refractivity contribution in [1.29, 1.82) is 0 Å². The maximum atomic E-state index is 11.8. The average molecular weight is 320 g/mol. The quantitative estimate of drug-likeness (QED) is 0.591. The van der Waals surface area contributed by atoms with Gasteiger partial charge in [0.1, 0.15) is 6.04 Å². The maximum Gasteiger partial charge on any atom is 0.326 e. The second-order valence-corrected chi connectivity index (χ2v) is 6.37. The number of aliphatic hydroxyl groups excluding tert-OH is 1. The molecule has 1 amide bonds. The van der Waals surface area contributed by atoms with E-state index in [-0.39, 0.29) is 12.2 Å². The van der Waals surface area contributed by atoms with Crippen LogP contribution in [0.1, 0.15) is 17.0 Å². The fourth-order valence-electron chi connectivity index (χ4n) is 1.38. The summed E-state index contributed by atoms with van der Waals surface area (Å²) in [4.78, 5) is 22.6. The lowest BCUT2D eigenvalue weighted by molar-refractivity contribution is -0.139. The number of carbonyl (C=O) groups is 2. The minimum Gasteiger partial charge on any atom is -0.480 e. The van der Waals surface area contributed by atoms with Gasteiger partial charge in [0.15, 0.2) is 5.76 Å². The normalized spacial score (nSPS) is 13.1. The third-order valence-electron chi connectivity index (χ3n) is 2.56. The third kappa shape index (κ3) is 4.03. The van der Waals surface area contributed by atoms with Gasteiger partial charge in [-0.3, -0.25) is 4.79 Å². The van der Waals surface area contributed by atoms with E-state index in [0.29, 0.717) is 0 Å². The second kappa shape index (κ2) is 6.70. The fraction of sp³-hybridized carbons (Fsp3) is 0.455. The largest absolute Gasteiger partial charge is 0.480 e. The zero-order valence-electron chi connectivity index (χ0n) is 11.4. The van der Waals surface area contributed by atoms with Crippen molar-refractivity contribution in [3.63, 3.8) is 0 Å². The van der Waals surface area contributed by atoms with Crippen LogP contribution in [0.3, 0.4) is 0 Å². The molecule has 9 nitrogen and oxygen atoms in total. The molecule has 1 rings (SSSR count). The molecule has 1 aromatic heterocycles. The Kier molecular flexibility index (Phi) is 5.47. The SMILES string of the molecule is CN(C)S(=O)(=O)c1ccc(C(=O)NC(CCO)C(=O)O)o1. The minimum absolute atomic E-state index is 0.176. The molecule has 0 radical (unpaired) electrons. The van der Waals surface area contributed by atoms with E-state index in [0.717, 1.165) is 16.4 Å². The van der Waals surface area contributed by atoms with Crippen LogP contribution in [-0.4, -0.2) is 61.6 Å². The first-order valence-corrected chi connectivity index (χ1v) is 7.31. The second-order valence-electron chi connectivity index (χ2n) is 4.28. The molecule has 21 heavy (non-hydrogen) atoms. The Morgan fingerprint density at radius 1 is 1.38 bits per heavy atom. The van der Waals surface area contributed by atoms with E-state index < -0.39 is 39.6 Å². The first kappa shape index (κ1) is 17.1. The topological polar surface area (TPSA) is 137 Å². The van der Waals surface area contributed by atoms with Gasteiger partial charge in [-0.2, -0.15) is 0 Å². The van der Waals surface area contributed by atoms with E-state index in [1.165, 1.54) is 14.1 Å². The van der Waals surface area contributed by atoms with Gasteiger partial charge in [0.25, 0.3) is 15.9 Å². The van der Waals surface area contributed by atoms with Crippen molar-refractivity contribution in [3.8, 4) is 0 Å². The molecule has 1 atom stereocenters. The Hall–Kier alpha value is -1.91. The predicted octanol–water partition coefficient (Wildman–Crippen LogP) is -0.905. The molecule has 0 saturated heterocycles. The lowest BCUT2D eigenvalue weighted by atomic mass is 10.2. The fourth-order valence-corrected chi connectivity index (χ4v) is 2.17. The first-order chi connectivity index (χ1) is 9.70. The molecule has 0 spiro atoms. The lowest BCUT2D eigenvalue weighted by Gasteiger charge is -2.12. The number of nitrogens with one attached hydrogen (secondary N) is 1. The van der Waals surface area contributed by atoms with Crippen molar-refractivity contribution in [2.75, 3.05) is 20.7 Å². The molecular weight excluding hydrogens is 304 g/mol. The Bertz CT molecular complexity index is 620. The molecule has 0 saturated carbocycles. The third-order valence-corrected chi connectivity index (χ3v) is 4.25. The number of aliphatic hydroxyl groups is 1. The number of furan rings is 1. The molecule has 0 bridgehead atoms. The number of carbonyl (C=O) groups excluding carboxylic acids is 1. The summed E-state index contributed by atoms with van der Waals surface area (Å²) in [5.41, 5.74) is 0. The Morgan fingerprint density at radius 3 is 2.48 bits per heavy atom. The average Bonchev–Trinajstić information content (AvgIpc) is 2.87. The number of amides is 1. The number of aliphatic carboxylic acids is 1. The van der Waals surface area contributed by atoms with Gasteiger partial charge in [0.05, 0.1) is 0 Å². The van der Waals surface area contributed by atoms with Gasteiger partial charge in [-0.15, -0.1) is 0 Å². The van der Waals surface area contributed by atoms with Gasteiger partial charge >= 0.3 is 5.97 Å². The van der Waals surface area contributed by atoms with Crippen LogP contribution in [0.15, 0.2) is 21.6 Å². The Balaban J connectivity index is 2.91. The van der Waals surface area contributed by atoms with Crippen LogP contribution in [0.25, 0.3) is 0 Å². The van der Waals surface area contributed by atoms with Crippen molar-refractivity contribution < 1.29 is 32.6 Å². The molecule has 10 heteroatoms. The molecular formula is C11H16N2O7S. The highest BCUT2D eigenvalue weighted by Crippen LogP contribution is 2.17. The summed E-state index contributed by atoms with van der Waals surface area (Å²) in [5, 5.41) is 19.3. The number of hydrogen-bond donors (Lipinski definition) is 3. The molecule has 0 aliphatic rings. The smallest absolute Gasteiger partial charge is 0.326 e. The number of carboxylic acid groups (broad SMARTS) is 1. The summed E-state index contributed by atoms with van der Waals surface area (Å²) >= 11 is 0. The van der Waals surface area contributed by atoms with Gasteiger partial charge in [-0.25, -0.2) is 17.5 Å². The zero-order chi connectivity index (χ0) is 16.2. The van der Waals surface area contributed by atoms with E-state index in [2.05, 4.69) is 5.32 Å². The van der Waals surface area contributed by atoms with Crippen LogP contribution >= 0.6 is 0 Å². The number of carboxylic acids is 1. The molecule has 118 valence electrons. The lowest BCUT2D eigenvalue weighted by Crippen LogP contribution is -2.41. The van der Waals surface area contributed by atoms with Gasteiger partial charge in [0, 0.05) is 27.1 Å². The summed E-state index contributed by atoms with van der Waals surface area (Å²) in [6, 6.07) is 0.942. The van der Waals surface area contributed by atoms with Gasteiger partial charge in [0.2, 0.25) is 5.09 Å². The highest BCUT2D eigenvalue weighted by molar-refractivity contribution is 7.88. The number of sulfonamides is 1. The van der Waals surface area contributed by atoms with E-state index in [1.54, 1.807) is 0 Å². The zero-order valence-corrected chi connectivity index (χ0v) is 12.3. The van der Waals surface area contributed by atoms with E-state index in [9.17, 15) is 18.0 Å². The van der Waals surface area contributed by atoms with Crippen LogP contribution < -0.4 is 5.32 Å². The van der Waals surface area contributed by atoms with Gasteiger partial charge in [-0.1, -0.05) is 0 Å². The predicted molar refractivity (Wildman–Crippen MR) is 70.2 cm³/mol. The molecule has 1 heterocycles. The number of hydrogen-bond acceptors (Lipinski definition) is 6. The molecule has 0 fully saturated rings. The Labute approximate surface area is 121 Å². The summed E-state index contributed by atoms with van der Waals surface area (Å²) < 4.78 is 29.4. The van der Waals surface area contributed by atoms with E-state index in [4.69, 9.17) is 14.6 Å². The monoisotopic (exact) mass is 320 g/mol. The number of rotatable bonds is 7. The Morgan fingerprint density at radius 2 is 2.00 bits per heavy atom. The van der Waals surface area contributed by atoms with Crippen LogP contribution in [0.5, 0.6) is 0 Å². The van der Waals surface area contributed by atoms with Crippen molar-refractivity contribution in [2.24, 2.45) is 0 Å². The molecule has 1 unspecified atom stereocenters. The minimum atomic E-state index is -3.81. The molecule has 1 aromatic rings. The first-order valence-electron chi connectivity index (χ1n) is 5.87. The van der Waals surface area contributed by atoms with Gasteiger partial charge in [-0.05, 0) is 12.1 Å². The summed E-state index contributed by atoms with van der Waals surface area (Å²) in [6.45, 7) is -0.421. The molecule has 3 N–H and O–H groups in total. The summed E-state index contributed by atoms with van der Waals surface area (Å²) in [5.74, 6) is -2.53. The van der Waals surface area contributed by atoms with Crippen LogP contribution in [0.4, 0.5) is 0 Å². The van der Waals surface area contributed by atoms with Crippen molar-refractivity contribution in [3.05, 3.63) is 17.9 Å². The van der Waals surface area contributed by atoms with Crippen molar-refractivity contribution in [2.45, 2.75) is 17.6 Å². The summed E-state index contributed by atoms with van der Waals surface area (Å²) in [7, 11) is -1.20. The van der Waals surface area contributed by atoms with Gasteiger partial charge < -0.3 is 19.9 Å². The summed E-state index contributed by atoms with van der Waals surface area (Å²) in [6.07, 6.45) is -0.176. The highest BCUT2D eigenvalue weighted by Gasteiger charge is 2.25. The molecule has 0 aromatic carbocycles. The highest BCUT2D eigenvalue weighted by atomic mass is 32.2. The van der Waals surface area contributed by atoms with Crippen LogP contribution in [0, 0.1) is 0 Å². The molecule has 0 aliphatic heterocycles. The number of nitrogens with zero attached hydrogens (tertiary/aromatic N) is 1. The van der Waals surface area contributed by atoms with Crippen molar-refractivity contribution >= 4 is 21.9 Å². The van der Waals surface area contributed by atoms with Crippen molar-refractivity contribution in [1.82, 2.24) is 9.62 Å². The van der Waals surface area contributed by atoms with Crippen LogP contribution in [-0.2, 0) is 14.8 Å². The maximum absolute atomic E-state index is 11.8. The van der Waals surface area contributed by atoms with Crippen LogP contribution in [0.2, 0.25) is 0 Å². The van der Waals surface area contributed by atoms with E-state index in [1.807, 2.05) is 0 Å².